The van der Waals surface area contributed by atoms with Crippen LogP contribution in [-0.4, -0.2) is 38.8 Å². The van der Waals surface area contributed by atoms with Gasteiger partial charge >= 0.3 is 0 Å². The average molecular weight is 418 g/mol. The molecule has 1 aromatic carbocycles. The summed E-state index contributed by atoms with van der Waals surface area (Å²) in [5.41, 5.74) is 2.19. The zero-order valence-electron chi connectivity index (χ0n) is 15.0. The lowest BCUT2D eigenvalue weighted by Gasteiger charge is -2.22. The van der Waals surface area contributed by atoms with Gasteiger partial charge in [-0.2, -0.15) is 10.2 Å². The molecular formula is C18H17Cl2N7O. The van der Waals surface area contributed by atoms with Crippen molar-refractivity contribution >= 4 is 51.9 Å². The number of nitrogens with one attached hydrogen (secondary N) is 2. The summed E-state index contributed by atoms with van der Waals surface area (Å²) in [6.45, 7) is 1.48. The molecule has 0 amide bonds. The molecule has 144 valence electrons. The maximum atomic E-state index is 9.02. The van der Waals surface area contributed by atoms with Crippen molar-refractivity contribution in [2.45, 2.75) is 18.9 Å². The third kappa shape index (κ3) is 3.69. The second kappa shape index (κ2) is 7.80. The van der Waals surface area contributed by atoms with Crippen LogP contribution in [0.25, 0.3) is 11.2 Å². The fraction of sp³-hybridized carbons (Fsp3) is 0.333. The Balaban J connectivity index is 1.62. The average Bonchev–Trinajstić information content (AvgIpc) is 3.00. The monoisotopic (exact) mass is 417 g/mol. The quantitative estimate of drug-likeness (QED) is 0.663. The minimum atomic E-state index is 0.299. The second-order valence-corrected chi connectivity index (χ2v) is 7.29. The van der Waals surface area contributed by atoms with E-state index >= 15 is 0 Å². The van der Waals surface area contributed by atoms with Gasteiger partial charge in [0.1, 0.15) is 5.52 Å². The topological polar surface area (TPSA) is 101 Å². The molecule has 2 N–H and O–H groups in total. The molecule has 0 aliphatic carbocycles. The van der Waals surface area contributed by atoms with Crippen molar-refractivity contribution in [3.63, 3.8) is 0 Å². The zero-order chi connectivity index (χ0) is 19.7. The van der Waals surface area contributed by atoms with Crippen LogP contribution in [0.5, 0.6) is 0 Å². The van der Waals surface area contributed by atoms with Crippen LogP contribution in [0.2, 0.25) is 10.0 Å². The number of ether oxygens (including phenoxy) is 1. The van der Waals surface area contributed by atoms with E-state index in [2.05, 4.69) is 25.6 Å². The fourth-order valence-electron chi connectivity index (χ4n) is 3.06. The minimum absolute atomic E-state index is 0.299. The van der Waals surface area contributed by atoms with Gasteiger partial charge < -0.3 is 15.4 Å². The van der Waals surface area contributed by atoms with E-state index < -0.39 is 0 Å². The molecule has 0 radical (unpaired) electrons. The van der Waals surface area contributed by atoms with Gasteiger partial charge in [0, 0.05) is 26.3 Å². The molecule has 0 saturated carbocycles. The third-order valence-electron chi connectivity index (χ3n) is 4.57. The Bertz CT molecular complexity index is 1050. The number of halogens is 2. The smallest absolute Gasteiger partial charge is 0.224 e. The molecule has 10 heteroatoms. The first kappa shape index (κ1) is 18.7. The summed E-state index contributed by atoms with van der Waals surface area (Å²) in [5.74, 6) is 1.07. The highest BCUT2D eigenvalue weighted by molar-refractivity contribution is 6.39. The van der Waals surface area contributed by atoms with Crippen molar-refractivity contribution in [3.8, 4) is 6.07 Å². The Morgan fingerprint density at radius 3 is 2.61 bits per heavy atom. The Kier molecular flexibility index (Phi) is 5.22. The van der Waals surface area contributed by atoms with E-state index in [9.17, 15) is 0 Å². The van der Waals surface area contributed by atoms with Crippen LogP contribution in [0, 0.1) is 11.3 Å². The van der Waals surface area contributed by atoms with Crippen LogP contribution < -0.4 is 10.6 Å². The van der Waals surface area contributed by atoms with Gasteiger partial charge in [-0.3, -0.25) is 4.57 Å². The molecule has 2 aromatic heterocycles. The van der Waals surface area contributed by atoms with Gasteiger partial charge in [0.25, 0.3) is 0 Å². The maximum Gasteiger partial charge on any atom is 0.224 e. The number of rotatable bonds is 4. The summed E-state index contributed by atoms with van der Waals surface area (Å²) in [7, 11) is 1.84. The molecule has 0 spiro atoms. The van der Waals surface area contributed by atoms with Gasteiger partial charge in [0.15, 0.2) is 5.65 Å². The summed E-state index contributed by atoms with van der Waals surface area (Å²) in [6.07, 6.45) is 3.53. The van der Waals surface area contributed by atoms with Crippen LogP contribution in [0.15, 0.2) is 18.3 Å². The van der Waals surface area contributed by atoms with Gasteiger partial charge in [-0.05, 0) is 25.0 Å². The number of hydrogen-bond acceptors (Lipinski definition) is 7. The van der Waals surface area contributed by atoms with E-state index in [1.165, 1.54) is 0 Å². The summed E-state index contributed by atoms with van der Waals surface area (Å²) in [6, 6.07) is 5.42. The van der Waals surface area contributed by atoms with Gasteiger partial charge in [-0.25, -0.2) is 9.97 Å². The molecule has 1 fully saturated rings. The Morgan fingerprint density at radius 1 is 1.21 bits per heavy atom. The Hall–Kier alpha value is -2.60. The largest absolute Gasteiger partial charge is 0.381 e. The van der Waals surface area contributed by atoms with Crippen molar-refractivity contribution in [1.82, 2.24) is 19.5 Å². The number of aryl methyl sites for hydroxylation is 1. The third-order valence-corrected chi connectivity index (χ3v) is 5.17. The Labute approximate surface area is 171 Å². The van der Waals surface area contributed by atoms with E-state index in [0.29, 0.717) is 50.4 Å². The zero-order valence-corrected chi connectivity index (χ0v) is 16.5. The summed E-state index contributed by atoms with van der Waals surface area (Å²) in [4.78, 5) is 13.5. The van der Waals surface area contributed by atoms with Crippen molar-refractivity contribution in [2.24, 2.45) is 7.05 Å². The number of anilines is 3. The molecule has 1 aliphatic rings. The fourth-order valence-corrected chi connectivity index (χ4v) is 3.64. The molecule has 0 atom stereocenters. The van der Waals surface area contributed by atoms with Crippen molar-refractivity contribution < 1.29 is 4.74 Å². The molecule has 3 heterocycles. The number of nitriles is 1. The van der Waals surface area contributed by atoms with Crippen LogP contribution >= 0.6 is 23.2 Å². The first-order valence-corrected chi connectivity index (χ1v) is 9.50. The molecule has 0 unspecified atom stereocenters. The van der Waals surface area contributed by atoms with Crippen LogP contribution in [0.4, 0.5) is 17.6 Å². The lowest BCUT2D eigenvalue weighted by atomic mass is 10.1. The molecule has 4 rings (SSSR count). The predicted molar refractivity (Wildman–Crippen MR) is 108 cm³/mol. The molecule has 3 aromatic rings. The van der Waals surface area contributed by atoms with Gasteiger partial charge in [0.05, 0.1) is 33.6 Å². The number of fused-ring (bicyclic) bond motifs is 1. The van der Waals surface area contributed by atoms with Crippen LogP contribution in [0.3, 0.4) is 0 Å². The summed E-state index contributed by atoms with van der Waals surface area (Å²) < 4.78 is 7.18. The number of benzene rings is 1. The molecular weight excluding hydrogens is 401 g/mol. The van der Waals surface area contributed by atoms with Crippen molar-refractivity contribution in [1.29, 1.82) is 5.26 Å². The number of nitrogens with zero attached hydrogens (tertiary/aromatic N) is 5. The normalized spacial score (nSPS) is 14.8. The lowest BCUT2D eigenvalue weighted by molar-refractivity contribution is 0.0903. The number of aromatic nitrogens is 4. The van der Waals surface area contributed by atoms with E-state index in [4.69, 9.17) is 33.2 Å². The van der Waals surface area contributed by atoms with Gasteiger partial charge in [0.2, 0.25) is 11.9 Å². The standard InChI is InChI=1S/C18H17Cl2N7O/c1-27-16-14(9-22-17(26-16)23-11-2-4-28-5-3-11)24-18(27)25-15-12(19)6-10(8-21)7-13(15)20/h6-7,9,11H,2-5H2,1H3,(H,24,25)(H,22,23,26). The molecule has 1 aliphatic heterocycles. The summed E-state index contributed by atoms with van der Waals surface area (Å²) in [5, 5.41) is 16.2. The molecule has 1 saturated heterocycles. The predicted octanol–water partition coefficient (Wildman–Crippen LogP) is 3.88. The van der Waals surface area contributed by atoms with Crippen molar-refractivity contribution in [3.05, 3.63) is 33.9 Å². The van der Waals surface area contributed by atoms with Crippen LogP contribution in [0.1, 0.15) is 18.4 Å². The maximum absolute atomic E-state index is 9.02. The van der Waals surface area contributed by atoms with Gasteiger partial charge in [-0.15, -0.1) is 0 Å². The van der Waals surface area contributed by atoms with Gasteiger partial charge in [-0.1, -0.05) is 23.2 Å². The highest BCUT2D eigenvalue weighted by Gasteiger charge is 2.17. The van der Waals surface area contributed by atoms with Crippen molar-refractivity contribution in [2.75, 3.05) is 23.8 Å². The van der Waals surface area contributed by atoms with E-state index in [1.54, 1.807) is 22.9 Å². The minimum Gasteiger partial charge on any atom is -0.381 e. The SMILES string of the molecule is Cn1c(Nc2c(Cl)cc(C#N)cc2Cl)nc2cnc(NC3CCOCC3)nc21. The first-order chi connectivity index (χ1) is 13.5. The Morgan fingerprint density at radius 2 is 1.93 bits per heavy atom. The summed E-state index contributed by atoms with van der Waals surface area (Å²) >= 11 is 12.5. The van der Waals surface area contributed by atoms with E-state index in [-0.39, 0.29) is 0 Å². The first-order valence-electron chi connectivity index (χ1n) is 8.75. The molecule has 28 heavy (non-hydrogen) atoms. The second-order valence-electron chi connectivity index (χ2n) is 6.48. The lowest BCUT2D eigenvalue weighted by Crippen LogP contribution is -2.28. The molecule has 8 nitrogen and oxygen atoms in total. The number of imidazole rings is 1. The van der Waals surface area contributed by atoms with Crippen LogP contribution in [-0.2, 0) is 11.8 Å². The van der Waals surface area contributed by atoms with E-state index in [1.807, 2.05) is 13.1 Å². The highest BCUT2D eigenvalue weighted by Crippen LogP contribution is 2.34. The number of hydrogen-bond donors (Lipinski definition) is 2. The molecule has 0 bridgehead atoms. The highest BCUT2D eigenvalue weighted by atomic mass is 35.5. The van der Waals surface area contributed by atoms with E-state index in [0.717, 1.165) is 26.1 Å².